The van der Waals surface area contributed by atoms with Gasteiger partial charge in [0.1, 0.15) is 5.82 Å². The highest BCUT2D eigenvalue weighted by Gasteiger charge is 2.36. The molecule has 1 atom stereocenters. The molecule has 1 heterocycles. The minimum absolute atomic E-state index is 0.00623. The van der Waals surface area contributed by atoms with Crippen molar-refractivity contribution in [3.63, 3.8) is 0 Å². The molecular weight excluding hydrogens is 311 g/mol. The average Bonchev–Trinajstić information content (AvgIpc) is 2.54. The molecule has 1 aromatic heterocycles. The third kappa shape index (κ3) is 4.26. The lowest BCUT2D eigenvalue weighted by molar-refractivity contribution is -0.141. The van der Waals surface area contributed by atoms with Crippen LogP contribution in [0.2, 0.25) is 0 Å². The third-order valence-corrected chi connectivity index (χ3v) is 3.06. The predicted octanol–water partition coefficient (Wildman–Crippen LogP) is 2.50. The molecule has 0 saturated heterocycles. The van der Waals surface area contributed by atoms with Crippen molar-refractivity contribution in [3.8, 4) is 0 Å². The summed E-state index contributed by atoms with van der Waals surface area (Å²) in [5.41, 5.74) is -1.15. The topological polar surface area (TPSA) is 64.1 Å². The maximum atomic E-state index is 13.1. The molecule has 1 amide bonds. The van der Waals surface area contributed by atoms with Gasteiger partial charge in [0.15, 0.2) is 6.10 Å². The summed E-state index contributed by atoms with van der Waals surface area (Å²) >= 11 is 0. The van der Waals surface area contributed by atoms with Gasteiger partial charge in [-0.3, -0.25) is 4.79 Å². The maximum absolute atomic E-state index is 13.1. The van der Waals surface area contributed by atoms with Crippen LogP contribution in [0.3, 0.4) is 0 Å². The quantitative estimate of drug-likeness (QED) is 0.917. The van der Waals surface area contributed by atoms with Crippen LogP contribution in [0.15, 0.2) is 42.7 Å². The summed E-state index contributed by atoms with van der Waals surface area (Å²) in [5.74, 6) is -0.350. The Balaban J connectivity index is 2.18. The first-order chi connectivity index (χ1) is 10.9. The molecule has 0 radical (unpaired) electrons. The van der Waals surface area contributed by atoms with Crippen molar-refractivity contribution in [2.24, 2.45) is 0 Å². The lowest BCUT2D eigenvalue weighted by Gasteiger charge is -2.19. The molecule has 0 bridgehead atoms. The molecule has 0 spiro atoms. The van der Waals surface area contributed by atoms with E-state index in [2.05, 4.69) is 15.3 Å². The Morgan fingerprint density at radius 2 is 1.87 bits per heavy atom. The van der Waals surface area contributed by atoms with Gasteiger partial charge >= 0.3 is 6.18 Å². The minimum atomic E-state index is -4.57. The van der Waals surface area contributed by atoms with Crippen molar-refractivity contribution in [1.82, 2.24) is 15.3 Å². The lowest BCUT2D eigenvalue weighted by atomic mass is 10.0. The second-order valence-corrected chi connectivity index (χ2v) is 4.58. The molecule has 0 aliphatic carbocycles. The van der Waals surface area contributed by atoms with Crippen LogP contribution in [0.1, 0.15) is 23.1 Å². The molecule has 8 heteroatoms. The average molecular weight is 325 g/mol. The van der Waals surface area contributed by atoms with Crippen LogP contribution in [0.4, 0.5) is 13.2 Å². The number of halogens is 3. The van der Waals surface area contributed by atoms with Crippen LogP contribution in [0, 0.1) is 0 Å². The van der Waals surface area contributed by atoms with Crippen molar-refractivity contribution in [2.45, 2.75) is 18.8 Å². The molecule has 1 aromatic carbocycles. The summed E-state index contributed by atoms with van der Waals surface area (Å²) in [6.45, 7) is -0.00623. The molecule has 2 aromatic rings. The maximum Gasteiger partial charge on any atom is 0.416 e. The molecular formula is C15H14F3N3O2. The van der Waals surface area contributed by atoms with Gasteiger partial charge in [-0.15, -0.1) is 0 Å². The van der Waals surface area contributed by atoms with Gasteiger partial charge in [0.2, 0.25) is 0 Å². The zero-order valence-electron chi connectivity index (χ0n) is 12.2. The molecule has 23 heavy (non-hydrogen) atoms. The Kier molecular flexibility index (Phi) is 5.28. The van der Waals surface area contributed by atoms with Gasteiger partial charge in [-0.25, -0.2) is 9.97 Å². The molecule has 0 aliphatic rings. The van der Waals surface area contributed by atoms with Gasteiger partial charge in [0.05, 0.1) is 12.1 Å². The smallest absolute Gasteiger partial charge is 0.367 e. The number of amides is 1. The van der Waals surface area contributed by atoms with E-state index in [9.17, 15) is 18.0 Å². The van der Waals surface area contributed by atoms with Crippen LogP contribution in [-0.4, -0.2) is 23.0 Å². The number of aromatic nitrogens is 2. The number of alkyl halides is 3. The Labute approximate surface area is 130 Å². The summed E-state index contributed by atoms with van der Waals surface area (Å²) in [6, 6.07) is 6.42. The molecule has 5 nitrogen and oxygen atoms in total. The molecule has 0 saturated carbocycles. The molecule has 1 N–H and O–H groups in total. The van der Waals surface area contributed by atoms with E-state index in [0.717, 1.165) is 6.07 Å². The van der Waals surface area contributed by atoms with Crippen LogP contribution in [0.5, 0.6) is 0 Å². The van der Waals surface area contributed by atoms with Crippen molar-refractivity contribution in [2.75, 3.05) is 7.11 Å². The number of hydrogen-bond donors (Lipinski definition) is 1. The standard InChI is InChI=1S/C15H14F3N3O2/c1-23-13(10-5-2-3-6-11(10)15(16,17)18)14(22)21-9-12-19-7-4-8-20-12/h2-8,13H,9H2,1H3,(H,21,22). The van der Waals surface area contributed by atoms with Gasteiger partial charge in [-0.2, -0.15) is 13.2 Å². The molecule has 0 aliphatic heterocycles. The number of benzene rings is 1. The van der Waals surface area contributed by atoms with E-state index in [4.69, 9.17) is 4.74 Å². The van der Waals surface area contributed by atoms with E-state index in [0.29, 0.717) is 5.82 Å². The van der Waals surface area contributed by atoms with Crippen molar-refractivity contribution in [1.29, 1.82) is 0 Å². The number of nitrogens with one attached hydrogen (secondary N) is 1. The normalized spacial score (nSPS) is 12.7. The lowest BCUT2D eigenvalue weighted by Crippen LogP contribution is -2.31. The highest BCUT2D eigenvalue weighted by atomic mass is 19.4. The number of carbonyl (C=O) groups excluding carboxylic acids is 1. The number of rotatable bonds is 5. The summed E-state index contributed by atoms with van der Waals surface area (Å²) in [4.78, 5) is 20.0. The fraction of sp³-hybridized carbons (Fsp3) is 0.267. The Bertz CT molecular complexity index is 663. The summed E-state index contributed by atoms with van der Waals surface area (Å²) in [7, 11) is 1.18. The molecule has 0 fully saturated rings. The van der Waals surface area contributed by atoms with Crippen LogP contribution in [0.25, 0.3) is 0 Å². The fourth-order valence-corrected chi connectivity index (χ4v) is 2.04. The van der Waals surface area contributed by atoms with E-state index in [1.54, 1.807) is 6.07 Å². The van der Waals surface area contributed by atoms with Crippen molar-refractivity contribution < 1.29 is 22.7 Å². The van der Waals surface area contributed by atoms with E-state index in [1.165, 1.54) is 37.7 Å². The number of hydrogen-bond acceptors (Lipinski definition) is 4. The molecule has 1 unspecified atom stereocenters. The second kappa shape index (κ2) is 7.19. The van der Waals surface area contributed by atoms with Crippen LogP contribution < -0.4 is 5.32 Å². The second-order valence-electron chi connectivity index (χ2n) is 4.58. The highest BCUT2D eigenvalue weighted by molar-refractivity contribution is 5.82. The number of methoxy groups -OCH3 is 1. The first-order valence-corrected chi connectivity index (χ1v) is 6.66. The van der Waals surface area contributed by atoms with Crippen LogP contribution >= 0.6 is 0 Å². The van der Waals surface area contributed by atoms with Gasteiger partial charge < -0.3 is 10.1 Å². The third-order valence-electron chi connectivity index (χ3n) is 3.06. The minimum Gasteiger partial charge on any atom is -0.367 e. The Morgan fingerprint density at radius 1 is 1.22 bits per heavy atom. The zero-order chi connectivity index (χ0) is 16.9. The Hall–Kier alpha value is -2.48. The molecule has 2 rings (SSSR count). The molecule has 122 valence electrons. The highest BCUT2D eigenvalue weighted by Crippen LogP contribution is 2.35. The van der Waals surface area contributed by atoms with Gasteiger partial charge in [-0.1, -0.05) is 18.2 Å². The SMILES string of the molecule is COC(C(=O)NCc1ncccn1)c1ccccc1C(F)(F)F. The first kappa shape index (κ1) is 16.9. The van der Waals surface area contributed by atoms with Crippen molar-refractivity contribution >= 4 is 5.91 Å². The zero-order valence-corrected chi connectivity index (χ0v) is 12.2. The Morgan fingerprint density at radius 3 is 2.48 bits per heavy atom. The van der Waals surface area contributed by atoms with Gasteiger partial charge in [0, 0.05) is 25.1 Å². The monoisotopic (exact) mass is 325 g/mol. The van der Waals surface area contributed by atoms with Crippen LogP contribution in [-0.2, 0) is 22.3 Å². The number of ether oxygens (including phenoxy) is 1. The van der Waals surface area contributed by atoms with E-state index >= 15 is 0 Å². The number of carbonyl (C=O) groups is 1. The summed E-state index contributed by atoms with van der Waals surface area (Å²) < 4.78 is 44.1. The fourth-order valence-electron chi connectivity index (χ4n) is 2.04. The first-order valence-electron chi connectivity index (χ1n) is 6.66. The van der Waals surface area contributed by atoms with E-state index in [1.807, 2.05) is 0 Å². The van der Waals surface area contributed by atoms with Gasteiger partial charge in [0.25, 0.3) is 5.91 Å². The largest absolute Gasteiger partial charge is 0.416 e. The van der Waals surface area contributed by atoms with Crippen molar-refractivity contribution in [3.05, 3.63) is 59.7 Å². The summed E-state index contributed by atoms with van der Waals surface area (Å²) in [5, 5.41) is 2.47. The van der Waals surface area contributed by atoms with E-state index in [-0.39, 0.29) is 12.1 Å². The van der Waals surface area contributed by atoms with E-state index < -0.39 is 23.8 Å². The van der Waals surface area contributed by atoms with Gasteiger partial charge in [-0.05, 0) is 12.1 Å². The number of nitrogens with zero attached hydrogens (tertiary/aromatic N) is 2. The predicted molar refractivity (Wildman–Crippen MR) is 75.1 cm³/mol. The summed E-state index contributed by atoms with van der Waals surface area (Å²) in [6.07, 6.45) is -2.95.